The SMILES string of the molecule is CCCCn1c(-c2cccc(OC)c2)nc2cc(C(=O)Nc3ccc(C#N)c(C(F)(F)F)c3)ccc21. The number of fused-ring (bicyclic) bond motifs is 1. The zero-order chi connectivity index (χ0) is 25.9. The summed E-state index contributed by atoms with van der Waals surface area (Å²) in [5.41, 5.74) is 0.878. The Labute approximate surface area is 205 Å². The predicted molar refractivity (Wildman–Crippen MR) is 131 cm³/mol. The lowest BCUT2D eigenvalue weighted by molar-refractivity contribution is -0.137. The number of amides is 1. The first-order valence-electron chi connectivity index (χ1n) is 11.3. The second-order valence-electron chi connectivity index (χ2n) is 8.20. The smallest absolute Gasteiger partial charge is 0.417 e. The van der Waals surface area contributed by atoms with Crippen LogP contribution < -0.4 is 10.1 Å². The van der Waals surface area contributed by atoms with Gasteiger partial charge in [0, 0.05) is 23.4 Å². The molecule has 0 radical (unpaired) electrons. The molecule has 36 heavy (non-hydrogen) atoms. The van der Waals surface area contributed by atoms with Crippen molar-refractivity contribution in [2.45, 2.75) is 32.5 Å². The van der Waals surface area contributed by atoms with E-state index in [0.717, 1.165) is 48.4 Å². The summed E-state index contributed by atoms with van der Waals surface area (Å²) in [7, 11) is 1.59. The molecule has 9 heteroatoms. The summed E-state index contributed by atoms with van der Waals surface area (Å²) in [6.45, 7) is 2.83. The average Bonchev–Trinajstić information content (AvgIpc) is 3.24. The number of nitrogens with one attached hydrogen (secondary N) is 1. The lowest BCUT2D eigenvalue weighted by Gasteiger charge is -2.12. The molecule has 0 spiro atoms. The third-order valence-corrected chi connectivity index (χ3v) is 5.78. The number of imidazole rings is 1. The molecule has 0 atom stereocenters. The molecule has 6 nitrogen and oxygen atoms in total. The minimum absolute atomic E-state index is 0.0584. The molecule has 0 unspecified atom stereocenters. The highest BCUT2D eigenvalue weighted by atomic mass is 19.4. The Morgan fingerprint density at radius 3 is 2.64 bits per heavy atom. The van der Waals surface area contributed by atoms with Gasteiger partial charge >= 0.3 is 6.18 Å². The molecule has 4 aromatic rings. The van der Waals surface area contributed by atoms with Crippen LogP contribution in [0.15, 0.2) is 60.7 Å². The lowest BCUT2D eigenvalue weighted by atomic mass is 10.1. The van der Waals surface area contributed by atoms with Crippen LogP contribution >= 0.6 is 0 Å². The van der Waals surface area contributed by atoms with E-state index in [1.54, 1.807) is 25.3 Å². The predicted octanol–water partition coefficient (Wildman–Crippen LogP) is 6.65. The summed E-state index contributed by atoms with van der Waals surface area (Å²) in [6.07, 6.45) is -2.79. The van der Waals surface area contributed by atoms with Crippen LogP contribution in [0.5, 0.6) is 5.75 Å². The van der Waals surface area contributed by atoms with Crippen molar-refractivity contribution in [2.24, 2.45) is 0 Å². The molecule has 0 aliphatic carbocycles. The Morgan fingerprint density at radius 2 is 1.94 bits per heavy atom. The number of alkyl halides is 3. The molecule has 4 rings (SSSR count). The molecule has 0 bridgehead atoms. The first kappa shape index (κ1) is 24.8. The number of aryl methyl sites for hydroxylation is 1. The zero-order valence-electron chi connectivity index (χ0n) is 19.7. The van der Waals surface area contributed by atoms with E-state index >= 15 is 0 Å². The number of rotatable bonds is 7. The van der Waals surface area contributed by atoms with Crippen molar-refractivity contribution in [1.82, 2.24) is 9.55 Å². The maximum Gasteiger partial charge on any atom is 0.417 e. The van der Waals surface area contributed by atoms with E-state index in [1.807, 2.05) is 24.3 Å². The highest BCUT2D eigenvalue weighted by Crippen LogP contribution is 2.34. The van der Waals surface area contributed by atoms with Gasteiger partial charge in [0.1, 0.15) is 11.6 Å². The van der Waals surface area contributed by atoms with Gasteiger partial charge in [-0.05, 0) is 55.0 Å². The van der Waals surface area contributed by atoms with Crippen molar-refractivity contribution in [2.75, 3.05) is 12.4 Å². The Morgan fingerprint density at radius 1 is 1.14 bits per heavy atom. The summed E-state index contributed by atoms with van der Waals surface area (Å²) in [6, 6.07) is 17.2. The number of anilines is 1. The Hall–Kier alpha value is -4.32. The van der Waals surface area contributed by atoms with Crippen molar-refractivity contribution >= 4 is 22.6 Å². The highest BCUT2D eigenvalue weighted by molar-refractivity contribution is 6.06. The van der Waals surface area contributed by atoms with Crippen LogP contribution in [0, 0.1) is 11.3 Å². The van der Waals surface area contributed by atoms with E-state index in [4.69, 9.17) is 15.0 Å². The third-order valence-electron chi connectivity index (χ3n) is 5.78. The monoisotopic (exact) mass is 492 g/mol. The van der Waals surface area contributed by atoms with Crippen molar-refractivity contribution in [3.8, 4) is 23.2 Å². The number of halogens is 3. The van der Waals surface area contributed by atoms with Gasteiger partial charge in [0.25, 0.3) is 5.91 Å². The summed E-state index contributed by atoms with van der Waals surface area (Å²) >= 11 is 0. The fourth-order valence-electron chi connectivity index (χ4n) is 3.95. The van der Waals surface area contributed by atoms with Gasteiger partial charge in [0.2, 0.25) is 0 Å². The van der Waals surface area contributed by atoms with Crippen LogP contribution in [-0.2, 0) is 12.7 Å². The molecule has 0 aliphatic rings. The minimum atomic E-state index is -4.72. The number of hydrogen-bond donors (Lipinski definition) is 1. The van der Waals surface area contributed by atoms with Gasteiger partial charge in [-0.1, -0.05) is 25.5 Å². The van der Waals surface area contributed by atoms with E-state index in [0.29, 0.717) is 11.3 Å². The molecular weight excluding hydrogens is 469 g/mol. The number of methoxy groups -OCH3 is 1. The minimum Gasteiger partial charge on any atom is -0.497 e. The summed E-state index contributed by atoms with van der Waals surface area (Å²) < 4.78 is 47.3. The van der Waals surface area contributed by atoms with Crippen molar-refractivity contribution in [1.29, 1.82) is 5.26 Å². The van der Waals surface area contributed by atoms with Gasteiger partial charge in [-0.25, -0.2) is 4.98 Å². The van der Waals surface area contributed by atoms with Crippen LogP contribution in [0.4, 0.5) is 18.9 Å². The van der Waals surface area contributed by atoms with Crippen molar-refractivity contribution < 1.29 is 22.7 Å². The Balaban J connectivity index is 1.70. The first-order chi connectivity index (χ1) is 17.2. The molecule has 1 heterocycles. The number of benzene rings is 3. The molecule has 0 aliphatic heterocycles. The summed E-state index contributed by atoms with van der Waals surface area (Å²) in [4.78, 5) is 17.7. The number of nitriles is 1. The summed E-state index contributed by atoms with van der Waals surface area (Å²) in [5.74, 6) is 0.847. The van der Waals surface area contributed by atoms with Gasteiger partial charge in [-0.3, -0.25) is 4.79 Å². The second-order valence-corrected chi connectivity index (χ2v) is 8.20. The fourth-order valence-corrected chi connectivity index (χ4v) is 3.95. The van der Waals surface area contributed by atoms with Crippen molar-refractivity contribution in [3.05, 3.63) is 77.4 Å². The fraction of sp³-hybridized carbons (Fsp3) is 0.222. The second kappa shape index (κ2) is 10.1. The molecule has 0 saturated carbocycles. The maximum absolute atomic E-state index is 13.3. The molecule has 184 valence electrons. The van der Waals surface area contributed by atoms with Crippen LogP contribution in [0.25, 0.3) is 22.4 Å². The van der Waals surface area contributed by atoms with E-state index in [1.165, 1.54) is 12.1 Å². The number of carbonyl (C=O) groups is 1. The van der Waals surface area contributed by atoms with E-state index < -0.39 is 23.2 Å². The summed E-state index contributed by atoms with van der Waals surface area (Å²) in [5, 5.41) is 11.5. The lowest BCUT2D eigenvalue weighted by Crippen LogP contribution is -2.14. The molecule has 1 aromatic heterocycles. The van der Waals surface area contributed by atoms with E-state index in [2.05, 4.69) is 16.8 Å². The van der Waals surface area contributed by atoms with Gasteiger partial charge in [0.05, 0.1) is 35.3 Å². The Kier molecular flexibility index (Phi) is 6.97. The van der Waals surface area contributed by atoms with Gasteiger partial charge < -0.3 is 14.6 Å². The number of unbranched alkanes of at least 4 members (excludes halogenated alkanes) is 1. The molecular formula is C27H23F3N4O2. The standard InChI is InChI=1S/C27H23F3N4O2/c1-3-4-12-34-24-11-9-18(14-23(24)33-25(34)17-6-5-7-21(13-17)36-2)26(35)32-20-10-8-19(16-31)22(15-20)27(28,29)30/h5-11,13-15H,3-4,12H2,1-2H3,(H,32,35). The van der Waals surface area contributed by atoms with Crippen LogP contribution in [-0.4, -0.2) is 22.6 Å². The average molecular weight is 493 g/mol. The quantitative estimate of drug-likeness (QED) is 0.313. The molecule has 1 amide bonds. The number of carbonyl (C=O) groups excluding carboxylic acids is 1. The normalized spacial score (nSPS) is 11.3. The number of nitrogens with zero attached hydrogens (tertiary/aromatic N) is 3. The zero-order valence-corrected chi connectivity index (χ0v) is 19.7. The van der Waals surface area contributed by atoms with Crippen LogP contribution in [0.3, 0.4) is 0 Å². The van der Waals surface area contributed by atoms with Crippen LogP contribution in [0.2, 0.25) is 0 Å². The molecule has 0 saturated heterocycles. The van der Waals surface area contributed by atoms with Crippen molar-refractivity contribution in [3.63, 3.8) is 0 Å². The topological polar surface area (TPSA) is 79.9 Å². The molecule has 1 N–H and O–H groups in total. The van der Waals surface area contributed by atoms with Crippen LogP contribution in [0.1, 0.15) is 41.3 Å². The van der Waals surface area contributed by atoms with Gasteiger partial charge in [-0.15, -0.1) is 0 Å². The largest absolute Gasteiger partial charge is 0.497 e. The highest BCUT2D eigenvalue weighted by Gasteiger charge is 2.34. The number of aromatic nitrogens is 2. The maximum atomic E-state index is 13.3. The third kappa shape index (κ3) is 5.03. The van der Waals surface area contributed by atoms with Gasteiger partial charge in [0.15, 0.2) is 0 Å². The molecule has 0 fully saturated rings. The molecule has 3 aromatic carbocycles. The van der Waals surface area contributed by atoms with E-state index in [9.17, 15) is 18.0 Å². The first-order valence-corrected chi connectivity index (χ1v) is 11.3. The number of ether oxygens (including phenoxy) is 1. The Bertz CT molecular complexity index is 1470. The number of hydrogen-bond acceptors (Lipinski definition) is 4. The van der Waals surface area contributed by atoms with E-state index in [-0.39, 0.29) is 11.3 Å². The van der Waals surface area contributed by atoms with Gasteiger partial charge in [-0.2, -0.15) is 18.4 Å².